The number of nitrogens with one attached hydrogen (secondary N) is 3. The van der Waals surface area contributed by atoms with Gasteiger partial charge in [-0.1, -0.05) is 23.7 Å². The molecule has 0 saturated heterocycles. The number of carbonyl (C=O) groups is 1. The summed E-state index contributed by atoms with van der Waals surface area (Å²) in [6.45, 7) is 0.423. The van der Waals surface area contributed by atoms with Gasteiger partial charge in [0.2, 0.25) is 0 Å². The molecule has 0 aliphatic carbocycles. The van der Waals surface area contributed by atoms with Crippen LogP contribution < -0.4 is 20.9 Å². The molecule has 0 radical (unpaired) electrons. The van der Waals surface area contributed by atoms with Gasteiger partial charge < -0.3 is 10.1 Å². The van der Waals surface area contributed by atoms with Gasteiger partial charge in [0, 0.05) is 17.6 Å². The summed E-state index contributed by atoms with van der Waals surface area (Å²) in [6, 6.07) is 11.1. The van der Waals surface area contributed by atoms with Crippen molar-refractivity contribution in [1.82, 2.24) is 16.2 Å². The summed E-state index contributed by atoms with van der Waals surface area (Å²) in [5.74, 6) is 0.0354. The maximum absolute atomic E-state index is 12.1. The lowest BCUT2D eigenvalue weighted by molar-refractivity contribution is -0.385. The SMILES string of the molecule is COc1ccc(CNC(=S)NNC(=O)c2ccc(Cl)cc2[N+](=O)[O-])cc1. The molecule has 0 fully saturated rings. The fraction of sp³-hybridized carbons (Fsp3) is 0.125. The van der Waals surface area contributed by atoms with Gasteiger partial charge in [-0.15, -0.1) is 0 Å². The second-order valence-electron chi connectivity index (χ2n) is 5.03. The highest BCUT2D eigenvalue weighted by atomic mass is 35.5. The number of halogens is 1. The molecule has 0 spiro atoms. The van der Waals surface area contributed by atoms with Crippen molar-refractivity contribution in [1.29, 1.82) is 0 Å². The smallest absolute Gasteiger partial charge is 0.283 e. The molecule has 0 aliphatic heterocycles. The maximum Gasteiger partial charge on any atom is 0.283 e. The van der Waals surface area contributed by atoms with E-state index in [1.165, 1.54) is 12.1 Å². The summed E-state index contributed by atoms with van der Waals surface area (Å²) < 4.78 is 5.07. The van der Waals surface area contributed by atoms with E-state index in [1.54, 1.807) is 7.11 Å². The minimum absolute atomic E-state index is 0.134. The number of ether oxygens (including phenoxy) is 1. The van der Waals surface area contributed by atoms with Crippen molar-refractivity contribution in [2.75, 3.05) is 7.11 Å². The van der Waals surface area contributed by atoms with Gasteiger partial charge in [0.25, 0.3) is 11.6 Å². The van der Waals surface area contributed by atoms with Crippen LogP contribution in [0, 0.1) is 10.1 Å². The van der Waals surface area contributed by atoms with Gasteiger partial charge in [-0.2, -0.15) is 0 Å². The van der Waals surface area contributed by atoms with E-state index in [0.717, 1.165) is 17.4 Å². The monoisotopic (exact) mass is 394 g/mol. The van der Waals surface area contributed by atoms with Crippen LogP contribution in [0.5, 0.6) is 5.75 Å². The van der Waals surface area contributed by atoms with Gasteiger partial charge in [0.1, 0.15) is 11.3 Å². The van der Waals surface area contributed by atoms with Gasteiger partial charge in [0.05, 0.1) is 12.0 Å². The Labute approximate surface area is 159 Å². The number of carbonyl (C=O) groups excluding carboxylic acids is 1. The quantitative estimate of drug-likeness (QED) is 0.406. The summed E-state index contributed by atoms with van der Waals surface area (Å²) >= 11 is 10.8. The predicted molar refractivity (Wildman–Crippen MR) is 101 cm³/mol. The van der Waals surface area contributed by atoms with E-state index < -0.39 is 16.5 Å². The minimum Gasteiger partial charge on any atom is -0.497 e. The second kappa shape index (κ2) is 8.97. The van der Waals surface area contributed by atoms with Crippen molar-refractivity contribution in [2.24, 2.45) is 0 Å². The van der Waals surface area contributed by atoms with Crippen LogP contribution in [0.25, 0.3) is 0 Å². The van der Waals surface area contributed by atoms with Crippen LogP contribution in [-0.4, -0.2) is 23.1 Å². The number of benzene rings is 2. The molecule has 0 unspecified atom stereocenters. The summed E-state index contributed by atoms with van der Waals surface area (Å²) in [4.78, 5) is 22.4. The molecule has 0 atom stereocenters. The normalized spacial score (nSPS) is 9.92. The lowest BCUT2D eigenvalue weighted by Gasteiger charge is -2.12. The molecular weight excluding hydrogens is 380 g/mol. The van der Waals surface area contributed by atoms with Gasteiger partial charge in [-0.3, -0.25) is 25.8 Å². The summed E-state index contributed by atoms with van der Waals surface area (Å²) in [6.07, 6.45) is 0. The molecule has 0 aromatic heterocycles. The summed E-state index contributed by atoms with van der Waals surface area (Å²) in [5.41, 5.74) is 5.23. The van der Waals surface area contributed by atoms with Crippen LogP contribution in [0.3, 0.4) is 0 Å². The van der Waals surface area contributed by atoms with E-state index in [0.29, 0.717) is 6.54 Å². The first-order valence-corrected chi connectivity index (χ1v) is 8.10. The molecule has 0 aliphatic rings. The zero-order valence-electron chi connectivity index (χ0n) is 13.6. The van der Waals surface area contributed by atoms with Gasteiger partial charge >= 0.3 is 0 Å². The zero-order chi connectivity index (χ0) is 19.1. The van der Waals surface area contributed by atoms with Crippen molar-refractivity contribution in [3.05, 3.63) is 68.7 Å². The third-order valence-electron chi connectivity index (χ3n) is 3.30. The molecule has 2 aromatic carbocycles. The molecule has 3 N–H and O–H groups in total. The van der Waals surface area contributed by atoms with Gasteiger partial charge in [-0.05, 0) is 42.0 Å². The highest BCUT2D eigenvalue weighted by Gasteiger charge is 2.20. The Morgan fingerprint density at radius 2 is 1.92 bits per heavy atom. The van der Waals surface area contributed by atoms with E-state index in [1.807, 2.05) is 24.3 Å². The molecule has 0 saturated carbocycles. The number of nitro benzene ring substituents is 1. The van der Waals surface area contributed by atoms with Crippen LogP contribution >= 0.6 is 23.8 Å². The van der Waals surface area contributed by atoms with Gasteiger partial charge in [0.15, 0.2) is 5.11 Å². The predicted octanol–water partition coefficient (Wildman–Crippen LogP) is 2.57. The maximum atomic E-state index is 12.1. The number of nitrogens with zero attached hydrogens (tertiary/aromatic N) is 1. The topological polar surface area (TPSA) is 106 Å². The molecular formula is C16H15ClN4O4S. The number of thiocarbonyl (C=S) groups is 1. The van der Waals surface area contributed by atoms with Crippen molar-refractivity contribution in [3.63, 3.8) is 0 Å². The summed E-state index contributed by atoms with van der Waals surface area (Å²) in [7, 11) is 1.58. The Balaban J connectivity index is 1.88. The number of rotatable bonds is 5. The number of methoxy groups -OCH3 is 1. The molecule has 8 nitrogen and oxygen atoms in total. The van der Waals surface area contributed by atoms with Crippen molar-refractivity contribution in [2.45, 2.75) is 6.54 Å². The van der Waals surface area contributed by atoms with E-state index >= 15 is 0 Å². The molecule has 2 aromatic rings. The minimum atomic E-state index is -0.707. The van der Waals surface area contributed by atoms with E-state index in [9.17, 15) is 14.9 Å². The largest absolute Gasteiger partial charge is 0.497 e. The summed E-state index contributed by atoms with van der Waals surface area (Å²) in [5, 5.41) is 14.2. The first-order chi connectivity index (χ1) is 12.4. The Bertz CT molecular complexity index is 829. The van der Waals surface area contributed by atoms with Crippen LogP contribution in [0.4, 0.5) is 5.69 Å². The van der Waals surface area contributed by atoms with Crippen LogP contribution in [0.15, 0.2) is 42.5 Å². The first-order valence-electron chi connectivity index (χ1n) is 7.31. The third kappa shape index (κ3) is 5.30. The second-order valence-corrected chi connectivity index (χ2v) is 5.87. The first kappa shape index (κ1) is 19.4. The molecule has 0 heterocycles. The lowest BCUT2D eigenvalue weighted by Crippen LogP contribution is -2.46. The van der Waals surface area contributed by atoms with Crippen molar-refractivity contribution >= 4 is 40.5 Å². The van der Waals surface area contributed by atoms with E-state index in [4.69, 9.17) is 28.6 Å². The number of amides is 1. The Morgan fingerprint density at radius 1 is 1.23 bits per heavy atom. The van der Waals surface area contributed by atoms with Crippen LogP contribution in [-0.2, 0) is 6.54 Å². The van der Waals surface area contributed by atoms with Gasteiger partial charge in [-0.25, -0.2) is 0 Å². The number of nitro groups is 1. The van der Waals surface area contributed by atoms with Crippen LogP contribution in [0.2, 0.25) is 5.02 Å². The molecule has 10 heteroatoms. The van der Waals surface area contributed by atoms with Crippen LogP contribution in [0.1, 0.15) is 15.9 Å². The molecule has 1 amide bonds. The number of hydrogen-bond acceptors (Lipinski definition) is 5. The average molecular weight is 395 g/mol. The Morgan fingerprint density at radius 3 is 2.54 bits per heavy atom. The van der Waals surface area contributed by atoms with Crippen molar-refractivity contribution in [3.8, 4) is 5.75 Å². The fourth-order valence-electron chi connectivity index (χ4n) is 2.00. The third-order valence-corrected chi connectivity index (χ3v) is 3.78. The highest BCUT2D eigenvalue weighted by molar-refractivity contribution is 7.80. The molecule has 2 rings (SSSR count). The average Bonchev–Trinajstić information content (AvgIpc) is 2.64. The highest BCUT2D eigenvalue weighted by Crippen LogP contribution is 2.22. The van der Waals surface area contributed by atoms with Crippen molar-refractivity contribution < 1.29 is 14.5 Å². The fourth-order valence-corrected chi connectivity index (χ4v) is 2.29. The molecule has 136 valence electrons. The number of hydrazine groups is 1. The van der Waals surface area contributed by atoms with E-state index in [-0.39, 0.29) is 15.7 Å². The lowest BCUT2D eigenvalue weighted by atomic mass is 10.2. The van der Waals surface area contributed by atoms with E-state index in [2.05, 4.69) is 16.2 Å². The number of hydrogen-bond donors (Lipinski definition) is 3. The standard InChI is InChI=1S/C16H15ClN4O4S/c1-25-12-5-2-10(3-6-12)9-18-16(26)20-19-15(22)13-7-4-11(17)8-14(13)21(23)24/h2-8H,9H2,1H3,(H,19,22)(H2,18,20,26). The molecule has 0 bridgehead atoms. The Hall–Kier alpha value is -2.91. The zero-order valence-corrected chi connectivity index (χ0v) is 15.2. The Kier molecular flexibility index (Phi) is 6.70. The molecule has 26 heavy (non-hydrogen) atoms.